The van der Waals surface area contributed by atoms with Gasteiger partial charge in [-0.05, 0) is 116 Å². The summed E-state index contributed by atoms with van der Waals surface area (Å²) in [6.07, 6.45) is 124. The van der Waals surface area contributed by atoms with E-state index in [1.807, 2.05) is 21.1 Å². The number of rotatable bonds is 83. The van der Waals surface area contributed by atoms with Crippen LogP contribution in [0.15, 0.2) is 146 Å². The van der Waals surface area contributed by atoms with Crippen molar-refractivity contribution in [1.29, 1.82) is 0 Å². The minimum Gasteiger partial charge on any atom is -0.545 e. The molecule has 9 nitrogen and oxygen atoms in total. The van der Waals surface area contributed by atoms with E-state index >= 15 is 0 Å². The third-order valence-electron chi connectivity index (χ3n) is 19.6. The van der Waals surface area contributed by atoms with E-state index in [2.05, 4.69) is 160 Å². The van der Waals surface area contributed by atoms with Crippen LogP contribution in [0.1, 0.15) is 399 Å². The summed E-state index contributed by atoms with van der Waals surface area (Å²) in [5.41, 5.74) is 0. The fourth-order valence-electron chi connectivity index (χ4n) is 12.8. The van der Waals surface area contributed by atoms with Crippen LogP contribution in [-0.2, 0) is 33.3 Å². The fraction of sp³-hybridized carbons (Fsp3) is 0.724. The van der Waals surface area contributed by atoms with Crippen molar-refractivity contribution in [3.05, 3.63) is 146 Å². The summed E-state index contributed by atoms with van der Waals surface area (Å²) in [4.78, 5) is 37.7. The van der Waals surface area contributed by atoms with Crippen molar-refractivity contribution >= 4 is 17.9 Å². The molecule has 0 aromatic heterocycles. The number of esters is 2. The molecule has 0 saturated heterocycles. The Morgan fingerprint density at radius 3 is 0.748 bits per heavy atom. The zero-order chi connectivity index (χ0) is 77.4. The lowest BCUT2D eigenvalue weighted by atomic mass is 10.0. The van der Waals surface area contributed by atoms with E-state index < -0.39 is 24.3 Å². The highest BCUT2D eigenvalue weighted by Gasteiger charge is 2.22. The van der Waals surface area contributed by atoms with Crippen LogP contribution in [0.3, 0.4) is 0 Å². The van der Waals surface area contributed by atoms with Gasteiger partial charge in [-0.1, -0.05) is 417 Å². The summed E-state index contributed by atoms with van der Waals surface area (Å²) in [6.45, 7) is 4.57. The predicted octanol–water partition coefficient (Wildman–Crippen LogP) is 28.4. The molecule has 0 aliphatic heterocycles. The van der Waals surface area contributed by atoms with Crippen LogP contribution < -0.4 is 5.11 Å². The van der Waals surface area contributed by atoms with Gasteiger partial charge in [0.1, 0.15) is 13.2 Å². The molecule has 0 fully saturated rings. The van der Waals surface area contributed by atoms with E-state index in [0.717, 1.165) is 109 Å². The number of quaternary nitrogens is 1. The van der Waals surface area contributed by atoms with Crippen LogP contribution in [-0.4, -0.2) is 82.3 Å². The van der Waals surface area contributed by atoms with E-state index in [-0.39, 0.29) is 32.2 Å². The highest BCUT2D eigenvalue weighted by Crippen LogP contribution is 2.20. The summed E-state index contributed by atoms with van der Waals surface area (Å²) >= 11 is 0. The number of aliphatic carboxylic acids is 1. The summed E-state index contributed by atoms with van der Waals surface area (Å²) in [7, 11) is 5.95. The van der Waals surface area contributed by atoms with Crippen molar-refractivity contribution in [3.8, 4) is 0 Å². The zero-order valence-electron chi connectivity index (χ0n) is 70.5. The molecule has 0 aliphatic rings. The lowest BCUT2D eigenvalue weighted by molar-refractivity contribution is -0.870. The summed E-state index contributed by atoms with van der Waals surface area (Å²) in [6, 6.07) is 0. The number of allylic oxidation sites excluding steroid dienone is 24. The Hall–Kier alpha value is -4.83. The maximum absolute atomic E-state index is 13.0. The third-order valence-corrected chi connectivity index (χ3v) is 19.6. The number of carboxylic acid groups (broad SMARTS) is 1. The number of carbonyl (C=O) groups is 3. The van der Waals surface area contributed by atoms with Gasteiger partial charge in [-0.15, -0.1) is 0 Å². The molecular weight excluding hydrogens is 1320 g/mol. The first kappa shape index (κ1) is 102. The molecule has 2 atom stereocenters. The molecule has 0 N–H and O–H groups in total. The van der Waals surface area contributed by atoms with Crippen molar-refractivity contribution < 1.29 is 42.9 Å². The number of hydrogen-bond donors (Lipinski definition) is 0. The molecule has 0 rings (SSSR count). The van der Waals surface area contributed by atoms with E-state index in [0.29, 0.717) is 23.9 Å². The highest BCUT2D eigenvalue weighted by molar-refractivity contribution is 5.70. The van der Waals surface area contributed by atoms with Gasteiger partial charge in [-0.3, -0.25) is 9.59 Å². The molecule has 2 unspecified atom stereocenters. The second kappa shape index (κ2) is 86.8. The Labute approximate surface area is 662 Å². The smallest absolute Gasteiger partial charge is 0.306 e. The molecule has 0 heterocycles. The van der Waals surface area contributed by atoms with Crippen LogP contribution in [0.2, 0.25) is 0 Å². The Bertz CT molecular complexity index is 2290. The first-order valence-electron chi connectivity index (χ1n) is 45.0. The summed E-state index contributed by atoms with van der Waals surface area (Å²) in [5, 5.41) is 11.9. The minimum absolute atomic E-state index is 0.146. The van der Waals surface area contributed by atoms with Gasteiger partial charge in [-0.25, -0.2) is 0 Å². The summed E-state index contributed by atoms with van der Waals surface area (Å²) < 4.78 is 22.9. The van der Waals surface area contributed by atoms with E-state index in [1.165, 1.54) is 257 Å². The average Bonchev–Trinajstić information content (AvgIpc) is 0.965. The molecule has 0 aromatic rings. The van der Waals surface area contributed by atoms with Crippen molar-refractivity contribution in [2.24, 2.45) is 0 Å². The maximum atomic E-state index is 13.0. The Balaban J connectivity index is 3.94. The lowest BCUT2D eigenvalue weighted by Gasteiger charge is -2.26. The van der Waals surface area contributed by atoms with Gasteiger partial charge in [0, 0.05) is 12.8 Å². The van der Waals surface area contributed by atoms with Crippen LogP contribution in [0.25, 0.3) is 0 Å². The Morgan fingerprint density at radius 2 is 0.505 bits per heavy atom. The van der Waals surface area contributed by atoms with Crippen molar-refractivity contribution in [2.75, 3.05) is 47.5 Å². The summed E-state index contributed by atoms with van der Waals surface area (Å²) in [5.74, 6) is -2.26. The van der Waals surface area contributed by atoms with E-state index in [9.17, 15) is 19.5 Å². The predicted molar refractivity (Wildman–Crippen MR) is 462 cm³/mol. The first-order valence-corrected chi connectivity index (χ1v) is 45.0. The van der Waals surface area contributed by atoms with Gasteiger partial charge in [0.2, 0.25) is 0 Å². The number of carboxylic acids is 1. The monoisotopic (exact) mass is 1490 g/mol. The molecule has 0 radical (unpaired) electrons. The topological polar surface area (TPSA) is 111 Å². The fourth-order valence-corrected chi connectivity index (χ4v) is 12.8. The molecule has 0 aliphatic carbocycles. The number of hydrogen-bond acceptors (Lipinski definition) is 8. The average molecular weight is 1490 g/mol. The standard InChI is InChI=1S/C98H169NO8/c1-6-8-10-12-14-16-18-20-22-24-26-28-30-32-34-36-38-40-42-44-46-48-50-52-54-56-58-60-62-64-66-68-70-72-74-76-78-80-82-84-86-88-95(100)105-92-94(93-106-98(97(102)103)104-91-90-99(3,4)5)107-96(101)89-87-85-83-81-79-77-75-73-71-69-67-65-63-61-59-57-55-53-51-49-47-45-43-41-39-37-35-33-31-29-27-25-23-21-19-17-15-13-11-9-7-2/h8-11,14-17,20-23,26-29,32-35,39,41,45,47,94,98H,6-7,12-13,18-19,24-25,30-31,36-38,40,42-44,46,48-93H2,1-5H3/b10-8-,11-9-,16-14-,17-15-,22-20-,23-21-,28-26-,29-27-,34-32-,35-33-,41-39-,47-45-. The molecule has 107 heavy (non-hydrogen) atoms. The van der Waals surface area contributed by atoms with Crippen LogP contribution in [0, 0.1) is 0 Å². The number of unbranched alkanes of at least 4 members (excludes halogenated alkanes) is 44. The largest absolute Gasteiger partial charge is 0.545 e. The normalized spacial score (nSPS) is 13.3. The number of likely N-dealkylation sites (N-methyl/N-ethyl adjacent to an activating group) is 1. The Morgan fingerprint density at radius 1 is 0.280 bits per heavy atom. The quantitative estimate of drug-likeness (QED) is 0.0195. The SMILES string of the molecule is CC/C=C\C/C=C\C/C=C\C/C=C\C/C=C\C/C=C\C/C=C\CCCCCCCCCCCCCCCCCCCCCC(=O)OC(COC(=O)CCCCCCCCCCCCCCCCCCCCCCCCCCC/C=C\C/C=C\C/C=C\C/C=C\C/C=C\CC)COC(OCC[N+](C)(C)C)C(=O)[O-]. The number of nitrogens with zero attached hydrogens (tertiary/aromatic N) is 1. The van der Waals surface area contributed by atoms with Crippen LogP contribution in [0.4, 0.5) is 0 Å². The van der Waals surface area contributed by atoms with Gasteiger partial charge in [-0.2, -0.15) is 0 Å². The van der Waals surface area contributed by atoms with Crippen molar-refractivity contribution in [1.82, 2.24) is 0 Å². The van der Waals surface area contributed by atoms with Gasteiger partial charge in [0.25, 0.3) is 0 Å². The molecule has 0 amide bonds. The molecule has 0 spiro atoms. The van der Waals surface area contributed by atoms with Crippen LogP contribution >= 0.6 is 0 Å². The third kappa shape index (κ3) is 88.3. The molecule has 0 bridgehead atoms. The first-order chi connectivity index (χ1) is 52.6. The molecule has 0 aromatic carbocycles. The van der Waals surface area contributed by atoms with Crippen LogP contribution in [0.5, 0.6) is 0 Å². The minimum atomic E-state index is -1.63. The zero-order valence-corrected chi connectivity index (χ0v) is 70.5. The molecule has 614 valence electrons. The number of ether oxygens (including phenoxy) is 4. The van der Waals surface area contributed by atoms with Gasteiger partial charge >= 0.3 is 11.9 Å². The van der Waals surface area contributed by atoms with E-state index in [1.54, 1.807) is 0 Å². The highest BCUT2D eigenvalue weighted by atomic mass is 16.7. The molecule has 9 heteroatoms. The second-order valence-corrected chi connectivity index (χ2v) is 31.1. The number of carbonyl (C=O) groups excluding carboxylic acids is 3. The van der Waals surface area contributed by atoms with Gasteiger partial charge in [0.05, 0.1) is 40.3 Å². The van der Waals surface area contributed by atoms with Crippen molar-refractivity contribution in [3.63, 3.8) is 0 Å². The molecule has 0 saturated carbocycles. The van der Waals surface area contributed by atoms with E-state index in [4.69, 9.17) is 18.9 Å². The molecular formula is C98H169NO8. The lowest BCUT2D eigenvalue weighted by Crippen LogP contribution is -2.44. The van der Waals surface area contributed by atoms with Gasteiger partial charge in [0.15, 0.2) is 12.4 Å². The van der Waals surface area contributed by atoms with Gasteiger partial charge < -0.3 is 33.3 Å². The maximum Gasteiger partial charge on any atom is 0.306 e. The second-order valence-electron chi connectivity index (χ2n) is 31.1. The van der Waals surface area contributed by atoms with Crippen molar-refractivity contribution in [2.45, 2.75) is 411 Å². The Kier molecular flexibility index (Phi) is 82.8.